The summed E-state index contributed by atoms with van der Waals surface area (Å²) in [6, 6.07) is 2.42. The zero-order valence-electron chi connectivity index (χ0n) is 16.1. The third kappa shape index (κ3) is 2.19. The minimum Gasteiger partial charge on any atom is -0.443 e. The monoisotopic (exact) mass is 355 g/mol. The normalized spacial score (nSPS) is 47.1. The lowest BCUT2D eigenvalue weighted by molar-refractivity contribution is -0.169. The number of ether oxygens (including phenoxy) is 1. The van der Waals surface area contributed by atoms with E-state index in [-0.39, 0.29) is 22.6 Å². The summed E-state index contributed by atoms with van der Waals surface area (Å²) in [5.74, 6) is 1.52. The topological polar surface area (TPSA) is 67.2 Å². The van der Waals surface area contributed by atoms with Crippen molar-refractivity contribution in [2.24, 2.45) is 28.6 Å². The summed E-state index contributed by atoms with van der Waals surface area (Å²) in [5, 5.41) is 9.96. The molecule has 0 spiro atoms. The number of hydrogen-bond acceptors (Lipinski definition) is 4. The summed E-state index contributed by atoms with van der Waals surface area (Å²) in [4.78, 5) is 23.6. The van der Waals surface area contributed by atoms with Crippen LogP contribution in [0.15, 0.2) is 11.6 Å². The van der Waals surface area contributed by atoms with Gasteiger partial charge in [0.1, 0.15) is 6.07 Å². The van der Waals surface area contributed by atoms with E-state index in [1.54, 1.807) is 0 Å². The summed E-state index contributed by atoms with van der Waals surface area (Å²) >= 11 is 0. The Kier molecular flexibility index (Phi) is 3.88. The Labute approximate surface area is 156 Å². The number of hydrogen-bond donors (Lipinski definition) is 0. The first kappa shape index (κ1) is 17.8. The highest BCUT2D eigenvalue weighted by Crippen LogP contribution is 2.68. The van der Waals surface area contributed by atoms with Crippen molar-refractivity contribution in [2.45, 2.75) is 77.7 Å². The van der Waals surface area contributed by atoms with Crippen molar-refractivity contribution in [1.29, 1.82) is 5.26 Å². The molecular formula is C22H29NO3. The van der Waals surface area contributed by atoms with Gasteiger partial charge in [0, 0.05) is 25.2 Å². The fourth-order valence-electron chi connectivity index (χ4n) is 7.18. The molecule has 0 N–H and O–H groups in total. The fourth-order valence-corrected chi connectivity index (χ4v) is 7.18. The van der Waals surface area contributed by atoms with E-state index in [1.807, 2.05) is 6.08 Å². The minimum absolute atomic E-state index is 0.136. The van der Waals surface area contributed by atoms with E-state index >= 15 is 0 Å². The molecule has 0 heterocycles. The molecule has 0 bridgehead atoms. The van der Waals surface area contributed by atoms with Crippen LogP contribution in [0.5, 0.6) is 0 Å². The van der Waals surface area contributed by atoms with Crippen molar-refractivity contribution in [3.8, 4) is 6.07 Å². The van der Waals surface area contributed by atoms with Gasteiger partial charge in [0.05, 0.1) is 0 Å². The van der Waals surface area contributed by atoms with E-state index < -0.39 is 5.60 Å². The third-order valence-corrected chi connectivity index (χ3v) is 8.58. The van der Waals surface area contributed by atoms with Gasteiger partial charge in [-0.3, -0.25) is 9.59 Å². The molecule has 3 fully saturated rings. The van der Waals surface area contributed by atoms with E-state index in [2.05, 4.69) is 19.9 Å². The van der Waals surface area contributed by atoms with Crippen LogP contribution >= 0.6 is 0 Å². The highest BCUT2D eigenvalue weighted by molar-refractivity contribution is 5.91. The molecule has 26 heavy (non-hydrogen) atoms. The molecule has 0 amide bonds. The Morgan fingerprint density at radius 3 is 2.58 bits per heavy atom. The minimum atomic E-state index is -0.964. The molecule has 0 aromatic carbocycles. The largest absolute Gasteiger partial charge is 0.443 e. The molecule has 4 heteroatoms. The van der Waals surface area contributed by atoms with Crippen molar-refractivity contribution >= 4 is 11.8 Å². The molecule has 0 radical (unpaired) electrons. The Morgan fingerprint density at radius 2 is 1.88 bits per heavy atom. The number of carbonyl (C=O) groups excluding carboxylic acids is 2. The quantitative estimate of drug-likeness (QED) is 0.656. The molecule has 6 atom stereocenters. The lowest BCUT2D eigenvalue weighted by Crippen LogP contribution is -2.55. The second kappa shape index (κ2) is 5.68. The van der Waals surface area contributed by atoms with E-state index in [9.17, 15) is 14.9 Å². The SMILES string of the molecule is CC(=O)OC1(C#N)CC[C@H]2[C@@H]3CCC4=CC(=O)CC[C@]4(C)[C@H]3CC[C@@]21C. The van der Waals surface area contributed by atoms with Crippen LogP contribution < -0.4 is 0 Å². The standard InChI is InChI=1S/C22H29NO3/c1-14(24)26-22(13-23)11-8-19-17-5-4-15-12-16(25)6-9-20(15,2)18(17)7-10-21(19,22)3/h12,17-19H,4-11H2,1-3H3/t17-,18+,19+,20+,21+,22?/m1/s1. The van der Waals surface area contributed by atoms with E-state index in [1.165, 1.54) is 12.5 Å². The number of rotatable bonds is 1. The van der Waals surface area contributed by atoms with Crippen molar-refractivity contribution < 1.29 is 14.3 Å². The Balaban J connectivity index is 1.69. The smallest absolute Gasteiger partial charge is 0.304 e. The summed E-state index contributed by atoms with van der Waals surface area (Å²) in [6.07, 6.45) is 9.28. The first-order valence-electron chi connectivity index (χ1n) is 10.1. The van der Waals surface area contributed by atoms with Gasteiger partial charge in [-0.2, -0.15) is 5.26 Å². The van der Waals surface area contributed by atoms with Gasteiger partial charge in [-0.1, -0.05) is 19.4 Å². The Bertz CT molecular complexity index is 734. The van der Waals surface area contributed by atoms with Gasteiger partial charge in [-0.05, 0) is 67.8 Å². The molecule has 0 aromatic heterocycles. The van der Waals surface area contributed by atoms with Crippen LogP contribution in [-0.2, 0) is 14.3 Å². The van der Waals surface area contributed by atoms with Crippen LogP contribution in [0, 0.1) is 39.9 Å². The van der Waals surface area contributed by atoms with Gasteiger partial charge in [0.2, 0.25) is 5.60 Å². The summed E-state index contributed by atoms with van der Waals surface area (Å²) in [7, 11) is 0. The van der Waals surface area contributed by atoms with Crippen LogP contribution in [0.4, 0.5) is 0 Å². The zero-order chi connectivity index (χ0) is 18.7. The predicted octanol–water partition coefficient (Wildman–Crippen LogP) is 4.34. The first-order valence-corrected chi connectivity index (χ1v) is 10.1. The summed E-state index contributed by atoms with van der Waals surface area (Å²) in [6.45, 7) is 5.97. The van der Waals surface area contributed by atoms with Crippen LogP contribution in [0.2, 0.25) is 0 Å². The maximum absolute atomic E-state index is 11.9. The second-order valence-electron chi connectivity index (χ2n) is 9.50. The number of ketones is 1. The van der Waals surface area contributed by atoms with Gasteiger partial charge in [0.15, 0.2) is 5.78 Å². The number of fused-ring (bicyclic) bond motifs is 5. The molecule has 0 aliphatic heterocycles. The van der Waals surface area contributed by atoms with Crippen molar-refractivity contribution in [1.82, 2.24) is 0 Å². The molecule has 3 saturated carbocycles. The third-order valence-electron chi connectivity index (χ3n) is 8.58. The highest BCUT2D eigenvalue weighted by atomic mass is 16.6. The predicted molar refractivity (Wildman–Crippen MR) is 96.8 cm³/mol. The molecule has 4 nitrogen and oxygen atoms in total. The fraction of sp³-hybridized carbons (Fsp3) is 0.773. The van der Waals surface area contributed by atoms with Crippen molar-refractivity contribution in [2.75, 3.05) is 0 Å². The van der Waals surface area contributed by atoms with E-state index in [0.29, 0.717) is 30.6 Å². The van der Waals surface area contributed by atoms with Crippen LogP contribution in [-0.4, -0.2) is 17.4 Å². The number of carbonyl (C=O) groups is 2. The molecule has 0 aromatic rings. The zero-order valence-corrected chi connectivity index (χ0v) is 16.1. The Morgan fingerprint density at radius 1 is 1.15 bits per heavy atom. The molecule has 4 rings (SSSR count). The number of nitriles is 1. The van der Waals surface area contributed by atoms with Crippen molar-refractivity contribution in [3.63, 3.8) is 0 Å². The highest BCUT2D eigenvalue weighted by Gasteiger charge is 2.66. The first-order chi connectivity index (χ1) is 12.3. The molecule has 140 valence electrons. The lowest BCUT2D eigenvalue weighted by atomic mass is 9.46. The molecule has 4 aliphatic rings. The molecule has 1 unspecified atom stereocenters. The summed E-state index contributed by atoms with van der Waals surface area (Å²) in [5.41, 5.74) is 0.283. The second-order valence-corrected chi connectivity index (χ2v) is 9.50. The molecular weight excluding hydrogens is 326 g/mol. The van der Waals surface area contributed by atoms with Crippen LogP contribution in [0.1, 0.15) is 72.1 Å². The van der Waals surface area contributed by atoms with Crippen molar-refractivity contribution in [3.05, 3.63) is 11.6 Å². The van der Waals surface area contributed by atoms with Gasteiger partial charge in [-0.25, -0.2) is 0 Å². The Hall–Kier alpha value is -1.63. The van der Waals surface area contributed by atoms with Crippen LogP contribution in [0.3, 0.4) is 0 Å². The number of allylic oxidation sites excluding steroid dienone is 1. The summed E-state index contributed by atoms with van der Waals surface area (Å²) < 4.78 is 5.69. The number of nitrogens with zero attached hydrogens (tertiary/aromatic N) is 1. The van der Waals surface area contributed by atoms with Gasteiger partial charge in [-0.15, -0.1) is 0 Å². The van der Waals surface area contributed by atoms with Gasteiger partial charge in [0.25, 0.3) is 0 Å². The van der Waals surface area contributed by atoms with E-state index in [0.717, 1.165) is 38.5 Å². The number of esters is 1. The molecule has 0 saturated heterocycles. The average Bonchev–Trinajstić information content (AvgIpc) is 2.88. The maximum atomic E-state index is 11.9. The lowest BCUT2D eigenvalue weighted by Gasteiger charge is -2.58. The average molecular weight is 355 g/mol. The molecule has 4 aliphatic carbocycles. The van der Waals surface area contributed by atoms with Gasteiger partial charge >= 0.3 is 5.97 Å². The van der Waals surface area contributed by atoms with Gasteiger partial charge < -0.3 is 4.74 Å². The van der Waals surface area contributed by atoms with E-state index in [4.69, 9.17) is 4.74 Å². The van der Waals surface area contributed by atoms with Crippen LogP contribution in [0.25, 0.3) is 0 Å². The maximum Gasteiger partial charge on any atom is 0.304 e.